The molecule has 0 N–H and O–H groups in total. The molecule has 2 heteroatoms. The molecular weight excluding hydrogens is 331 g/mol. The average Bonchev–Trinajstić information content (AvgIpc) is 2.65. The van der Waals surface area contributed by atoms with Crippen LogP contribution in [0.3, 0.4) is 0 Å². The summed E-state index contributed by atoms with van der Waals surface area (Å²) >= 11 is 6.36. The van der Waals surface area contributed by atoms with Gasteiger partial charge in [0.1, 0.15) is 5.82 Å². The number of halogens is 2. The maximum absolute atomic E-state index is 14.9. The molecule has 0 fully saturated rings. The minimum Gasteiger partial charge on any atom is -0.205 e. The molecule has 0 aromatic heterocycles. The zero-order valence-corrected chi connectivity index (χ0v) is 15.4. The SMILES string of the molecule is CCCc1ccc(-c2ccc(-c3ccc(CC)cc3)c(Cl)c2F)cc1. The smallest absolute Gasteiger partial charge is 0.150 e. The van der Waals surface area contributed by atoms with Crippen molar-refractivity contribution in [1.82, 2.24) is 0 Å². The molecule has 0 nitrogen and oxygen atoms in total. The molecule has 0 aliphatic heterocycles. The summed E-state index contributed by atoms with van der Waals surface area (Å²) in [6.45, 7) is 4.27. The summed E-state index contributed by atoms with van der Waals surface area (Å²) in [5.41, 5.74) is 5.59. The van der Waals surface area contributed by atoms with E-state index in [4.69, 9.17) is 11.6 Å². The first-order chi connectivity index (χ1) is 12.1. The van der Waals surface area contributed by atoms with Crippen molar-refractivity contribution in [2.45, 2.75) is 33.1 Å². The van der Waals surface area contributed by atoms with Crippen LogP contribution in [0.5, 0.6) is 0 Å². The number of aryl methyl sites for hydroxylation is 2. The summed E-state index contributed by atoms with van der Waals surface area (Å²) in [4.78, 5) is 0. The molecule has 3 rings (SSSR count). The Kier molecular flexibility index (Phi) is 5.55. The molecule has 0 radical (unpaired) electrons. The van der Waals surface area contributed by atoms with Crippen LogP contribution in [0.1, 0.15) is 31.4 Å². The highest BCUT2D eigenvalue weighted by Gasteiger charge is 2.14. The molecule has 0 amide bonds. The van der Waals surface area contributed by atoms with Crippen LogP contribution < -0.4 is 0 Å². The van der Waals surface area contributed by atoms with Crippen LogP contribution in [-0.4, -0.2) is 0 Å². The number of rotatable bonds is 5. The van der Waals surface area contributed by atoms with Crippen LogP contribution in [0.15, 0.2) is 60.7 Å². The van der Waals surface area contributed by atoms with E-state index in [1.54, 1.807) is 0 Å². The van der Waals surface area contributed by atoms with Gasteiger partial charge in [0.05, 0.1) is 5.02 Å². The molecule has 0 aliphatic rings. The maximum atomic E-state index is 14.9. The van der Waals surface area contributed by atoms with E-state index in [1.807, 2.05) is 36.4 Å². The van der Waals surface area contributed by atoms with Crippen molar-refractivity contribution >= 4 is 11.6 Å². The van der Waals surface area contributed by atoms with E-state index in [0.717, 1.165) is 36.0 Å². The highest BCUT2D eigenvalue weighted by molar-refractivity contribution is 6.33. The van der Waals surface area contributed by atoms with Crippen molar-refractivity contribution in [3.63, 3.8) is 0 Å². The normalized spacial score (nSPS) is 10.9. The van der Waals surface area contributed by atoms with Gasteiger partial charge in [-0.05, 0) is 35.1 Å². The van der Waals surface area contributed by atoms with E-state index in [0.29, 0.717) is 5.56 Å². The fourth-order valence-electron chi connectivity index (χ4n) is 3.06. The minimum absolute atomic E-state index is 0.180. The minimum atomic E-state index is -0.359. The number of hydrogen-bond donors (Lipinski definition) is 0. The topological polar surface area (TPSA) is 0 Å². The number of benzene rings is 3. The Morgan fingerprint density at radius 2 is 1.24 bits per heavy atom. The lowest BCUT2D eigenvalue weighted by atomic mass is 9.97. The molecule has 128 valence electrons. The second-order valence-electron chi connectivity index (χ2n) is 6.29. The molecule has 0 saturated heterocycles. The maximum Gasteiger partial charge on any atom is 0.150 e. The van der Waals surface area contributed by atoms with Crippen LogP contribution in [0.4, 0.5) is 4.39 Å². The van der Waals surface area contributed by atoms with Crippen LogP contribution in [0, 0.1) is 5.82 Å². The van der Waals surface area contributed by atoms with Crippen molar-refractivity contribution in [3.05, 3.63) is 82.6 Å². The first-order valence-corrected chi connectivity index (χ1v) is 9.18. The van der Waals surface area contributed by atoms with E-state index in [-0.39, 0.29) is 10.8 Å². The Labute approximate surface area is 154 Å². The van der Waals surface area contributed by atoms with Gasteiger partial charge in [-0.15, -0.1) is 0 Å². The lowest BCUT2D eigenvalue weighted by Crippen LogP contribution is -1.91. The summed E-state index contributed by atoms with van der Waals surface area (Å²) in [7, 11) is 0. The lowest BCUT2D eigenvalue weighted by molar-refractivity contribution is 0.632. The quantitative estimate of drug-likeness (QED) is 0.451. The second kappa shape index (κ2) is 7.84. The van der Waals surface area contributed by atoms with Crippen LogP contribution in [0.25, 0.3) is 22.3 Å². The van der Waals surface area contributed by atoms with Crippen molar-refractivity contribution in [2.24, 2.45) is 0 Å². The van der Waals surface area contributed by atoms with Gasteiger partial charge in [0.2, 0.25) is 0 Å². The predicted octanol–water partition coefficient (Wildman–Crippen LogP) is 7.33. The average molecular weight is 353 g/mol. The summed E-state index contributed by atoms with van der Waals surface area (Å²) in [5.74, 6) is -0.359. The molecule has 25 heavy (non-hydrogen) atoms. The molecule has 3 aromatic carbocycles. The first kappa shape index (κ1) is 17.7. The molecular formula is C23H22ClF. The van der Waals surface area contributed by atoms with Crippen LogP contribution in [0.2, 0.25) is 5.02 Å². The van der Waals surface area contributed by atoms with E-state index in [9.17, 15) is 4.39 Å². The van der Waals surface area contributed by atoms with Crippen molar-refractivity contribution in [2.75, 3.05) is 0 Å². The van der Waals surface area contributed by atoms with Gasteiger partial charge >= 0.3 is 0 Å². The predicted molar refractivity (Wildman–Crippen MR) is 106 cm³/mol. The summed E-state index contributed by atoms with van der Waals surface area (Å²) in [6, 6.07) is 19.9. The van der Waals surface area contributed by atoms with Gasteiger partial charge in [-0.2, -0.15) is 0 Å². The molecule has 0 aliphatic carbocycles. The third kappa shape index (κ3) is 3.77. The highest BCUT2D eigenvalue weighted by Crippen LogP contribution is 2.36. The summed E-state index contributed by atoms with van der Waals surface area (Å²) in [5, 5.41) is 0.180. The molecule has 0 spiro atoms. The van der Waals surface area contributed by atoms with Crippen molar-refractivity contribution in [3.8, 4) is 22.3 Å². The van der Waals surface area contributed by atoms with Crippen molar-refractivity contribution < 1.29 is 4.39 Å². The standard InChI is InChI=1S/C23H22ClF/c1-3-5-17-8-12-19(13-9-17)21-15-14-20(22(24)23(21)25)18-10-6-16(4-2)7-11-18/h6-15H,3-5H2,1-2H3. The van der Waals surface area contributed by atoms with Gasteiger partial charge in [0.25, 0.3) is 0 Å². The Bertz CT molecular complexity index is 849. The molecule has 3 aromatic rings. The van der Waals surface area contributed by atoms with Crippen LogP contribution >= 0.6 is 11.6 Å². The van der Waals surface area contributed by atoms with Crippen LogP contribution in [-0.2, 0) is 12.8 Å². The zero-order chi connectivity index (χ0) is 17.8. The van der Waals surface area contributed by atoms with E-state index in [2.05, 4.69) is 38.1 Å². The Morgan fingerprint density at radius 1 is 0.720 bits per heavy atom. The fourth-order valence-corrected chi connectivity index (χ4v) is 3.33. The van der Waals surface area contributed by atoms with Gasteiger partial charge in [-0.1, -0.05) is 92.5 Å². The first-order valence-electron chi connectivity index (χ1n) is 8.80. The second-order valence-corrected chi connectivity index (χ2v) is 6.66. The third-order valence-corrected chi connectivity index (χ3v) is 4.93. The highest BCUT2D eigenvalue weighted by atomic mass is 35.5. The van der Waals surface area contributed by atoms with Gasteiger partial charge in [0, 0.05) is 11.1 Å². The lowest BCUT2D eigenvalue weighted by Gasteiger charge is -2.11. The van der Waals surface area contributed by atoms with Gasteiger partial charge in [-0.3, -0.25) is 0 Å². The Hall–Kier alpha value is -2.12. The van der Waals surface area contributed by atoms with E-state index in [1.165, 1.54) is 11.1 Å². The van der Waals surface area contributed by atoms with Crippen molar-refractivity contribution in [1.29, 1.82) is 0 Å². The largest absolute Gasteiger partial charge is 0.205 e. The summed E-state index contributed by atoms with van der Waals surface area (Å²) < 4.78 is 14.9. The zero-order valence-electron chi connectivity index (χ0n) is 14.7. The Balaban J connectivity index is 1.96. The molecule has 0 heterocycles. The van der Waals surface area contributed by atoms with Gasteiger partial charge in [-0.25, -0.2) is 4.39 Å². The van der Waals surface area contributed by atoms with Gasteiger partial charge < -0.3 is 0 Å². The molecule has 0 bridgehead atoms. The van der Waals surface area contributed by atoms with E-state index < -0.39 is 0 Å². The summed E-state index contributed by atoms with van der Waals surface area (Å²) in [6.07, 6.45) is 3.12. The Morgan fingerprint density at radius 3 is 1.80 bits per heavy atom. The fraction of sp³-hybridized carbons (Fsp3) is 0.217. The van der Waals surface area contributed by atoms with Gasteiger partial charge in [0.15, 0.2) is 0 Å². The monoisotopic (exact) mass is 352 g/mol. The van der Waals surface area contributed by atoms with E-state index >= 15 is 0 Å². The third-order valence-electron chi connectivity index (χ3n) is 4.56. The molecule has 0 unspecified atom stereocenters. The molecule has 0 saturated carbocycles. The molecule has 0 atom stereocenters. The number of hydrogen-bond acceptors (Lipinski definition) is 0.